The third-order valence-corrected chi connectivity index (χ3v) is 5.30. The second kappa shape index (κ2) is 6.49. The molecule has 2 aliphatic rings. The first-order valence-electron chi connectivity index (χ1n) is 8.66. The summed E-state index contributed by atoms with van der Waals surface area (Å²) in [7, 11) is 0. The number of hydrogen-bond donors (Lipinski definition) is 2. The van der Waals surface area contributed by atoms with Crippen molar-refractivity contribution in [1.82, 2.24) is 14.9 Å². The van der Waals surface area contributed by atoms with Crippen molar-refractivity contribution in [3.63, 3.8) is 0 Å². The molecule has 4 heteroatoms. The predicted molar refractivity (Wildman–Crippen MR) is 84.2 cm³/mol. The number of hydrogen-bond acceptors (Lipinski definition) is 3. The van der Waals surface area contributed by atoms with Crippen molar-refractivity contribution in [2.24, 2.45) is 5.92 Å². The van der Waals surface area contributed by atoms with Crippen molar-refractivity contribution in [2.75, 3.05) is 6.61 Å². The fraction of sp³-hybridized carbons (Fsp3) is 0.824. The maximum atomic E-state index is 9.98. The molecule has 0 aromatic carbocycles. The van der Waals surface area contributed by atoms with Crippen LogP contribution in [0.15, 0.2) is 12.4 Å². The van der Waals surface area contributed by atoms with Crippen LogP contribution < -0.4 is 5.32 Å². The topological polar surface area (TPSA) is 50.1 Å². The van der Waals surface area contributed by atoms with Crippen LogP contribution in [0.4, 0.5) is 0 Å². The summed E-state index contributed by atoms with van der Waals surface area (Å²) in [5.74, 6) is 1.81. The van der Waals surface area contributed by atoms with Crippen LogP contribution >= 0.6 is 0 Å². The lowest BCUT2D eigenvalue weighted by Gasteiger charge is -2.35. The Bertz CT molecular complexity index is 455. The monoisotopic (exact) mass is 291 g/mol. The van der Waals surface area contributed by atoms with Gasteiger partial charge in [-0.3, -0.25) is 0 Å². The van der Waals surface area contributed by atoms with Crippen molar-refractivity contribution in [1.29, 1.82) is 0 Å². The molecule has 0 amide bonds. The van der Waals surface area contributed by atoms with E-state index in [9.17, 15) is 5.11 Å². The van der Waals surface area contributed by atoms with Crippen LogP contribution in [-0.4, -0.2) is 32.8 Å². The van der Waals surface area contributed by atoms with Crippen LogP contribution in [0.2, 0.25) is 0 Å². The number of aromatic nitrogens is 2. The zero-order valence-electron chi connectivity index (χ0n) is 13.2. The van der Waals surface area contributed by atoms with E-state index >= 15 is 0 Å². The Hall–Kier alpha value is -0.870. The SMILES string of the molecule is CCCc1nccn1CCC1CCCC1(CO)NC1CC1. The molecule has 2 N–H and O–H groups in total. The molecule has 1 aromatic heterocycles. The number of rotatable bonds is 8. The zero-order valence-corrected chi connectivity index (χ0v) is 13.2. The second-order valence-electron chi connectivity index (χ2n) is 6.90. The lowest BCUT2D eigenvalue weighted by Crippen LogP contribution is -2.52. The van der Waals surface area contributed by atoms with Crippen LogP contribution in [0.5, 0.6) is 0 Å². The van der Waals surface area contributed by atoms with E-state index in [1.165, 1.54) is 31.5 Å². The van der Waals surface area contributed by atoms with E-state index in [0.717, 1.165) is 32.2 Å². The third kappa shape index (κ3) is 3.32. The van der Waals surface area contributed by atoms with Crippen molar-refractivity contribution in [2.45, 2.75) is 76.4 Å². The first-order chi connectivity index (χ1) is 10.3. The number of imidazole rings is 1. The highest BCUT2D eigenvalue weighted by molar-refractivity contribution is 5.03. The van der Waals surface area contributed by atoms with Crippen molar-refractivity contribution in [3.05, 3.63) is 18.2 Å². The molecule has 2 aliphatic carbocycles. The van der Waals surface area contributed by atoms with Crippen LogP contribution in [0.25, 0.3) is 0 Å². The van der Waals surface area contributed by atoms with E-state index in [1.54, 1.807) is 0 Å². The Morgan fingerprint density at radius 1 is 1.43 bits per heavy atom. The molecule has 0 spiro atoms. The molecule has 21 heavy (non-hydrogen) atoms. The van der Waals surface area contributed by atoms with Gasteiger partial charge in [0.25, 0.3) is 0 Å². The molecule has 2 saturated carbocycles. The molecule has 1 heterocycles. The molecular weight excluding hydrogens is 262 g/mol. The van der Waals surface area contributed by atoms with E-state index in [2.05, 4.69) is 28.0 Å². The second-order valence-corrected chi connectivity index (χ2v) is 6.90. The summed E-state index contributed by atoms with van der Waals surface area (Å²) in [6, 6.07) is 0.668. The third-order valence-electron chi connectivity index (χ3n) is 5.30. The van der Waals surface area contributed by atoms with Gasteiger partial charge in [-0.15, -0.1) is 0 Å². The van der Waals surface area contributed by atoms with E-state index in [1.807, 2.05) is 6.20 Å². The smallest absolute Gasteiger partial charge is 0.108 e. The lowest BCUT2D eigenvalue weighted by molar-refractivity contribution is 0.115. The highest BCUT2D eigenvalue weighted by Gasteiger charge is 2.44. The first kappa shape index (κ1) is 15.0. The lowest BCUT2D eigenvalue weighted by atomic mass is 9.85. The van der Waals surface area contributed by atoms with Crippen molar-refractivity contribution < 1.29 is 5.11 Å². The first-order valence-corrected chi connectivity index (χ1v) is 8.66. The van der Waals surface area contributed by atoms with Crippen LogP contribution in [-0.2, 0) is 13.0 Å². The summed E-state index contributed by atoms with van der Waals surface area (Å²) in [6.07, 6.45) is 13.6. The number of aryl methyl sites for hydroxylation is 2. The molecule has 2 atom stereocenters. The molecule has 3 rings (SSSR count). The quantitative estimate of drug-likeness (QED) is 0.774. The maximum Gasteiger partial charge on any atom is 0.108 e. The number of nitrogens with one attached hydrogen (secondary N) is 1. The van der Waals surface area contributed by atoms with Gasteiger partial charge in [0.15, 0.2) is 0 Å². The molecule has 2 unspecified atom stereocenters. The minimum absolute atomic E-state index is 0.00727. The van der Waals surface area contributed by atoms with E-state index in [-0.39, 0.29) is 5.54 Å². The maximum absolute atomic E-state index is 9.98. The van der Waals surface area contributed by atoms with Gasteiger partial charge in [-0.1, -0.05) is 13.3 Å². The molecule has 0 saturated heterocycles. The summed E-state index contributed by atoms with van der Waals surface area (Å²) in [4.78, 5) is 4.46. The Morgan fingerprint density at radius 2 is 2.29 bits per heavy atom. The van der Waals surface area contributed by atoms with Gasteiger partial charge in [0.2, 0.25) is 0 Å². The van der Waals surface area contributed by atoms with Gasteiger partial charge >= 0.3 is 0 Å². The molecule has 4 nitrogen and oxygen atoms in total. The fourth-order valence-electron chi connectivity index (χ4n) is 3.93. The Balaban J connectivity index is 1.61. The predicted octanol–water partition coefficient (Wildman–Crippen LogP) is 2.51. The van der Waals surface area contributed by atoms with Gasteiger partial charge in [0.05, 0.1) is 6.61 Å². The average Bonchev–Trinajstić information content (AvgIpc) is 3.04. The largest absolute Gasteiger partial charge is 0.394 e. The van der Waals surface area contributed by atoms with Crippen molar-refractivity contribution >= 4 is 0 Å². The number of aliphatic hydroxyl groups is 1. The van der Waals surface area contributed by atoms with Crippen LogP contribution in [0, 0.1) is 5.92 Å². The van der Waals surface area contributed by atoms with Gasteiger partial charge in [0, 0.05) is 36.9 Å². The molecule has 1 aromatic rings. The molecule has 118 valence electrons. The Labute approximate surface area is 128 Å². The summed E-state index contributed by atoms with van der Waals surface area (Å²) in [5.41, 5.74) is -0.00727. The van der Waals surface area contributed by atoms with Gasteiger partial charge < -0.3 is 15.0 Å². The molecule has 2 fully saturated rings. The molecular formula is C17H29N3O. The fourth-order valence-corrected chi connectivity index (χ4v) is 3.93. The Kier molecular flexibility index (Phi) is 4.65. The minimum Gasteiger partial charge on any atom is -0.394 e. The number of aliphatic hydroxyl groups excluding tert-OH is 1. The Morgan fingerprint density at radius 3 is 3.00 bits per heavy atom. The molecule has 0 bridgehead atoms. The van der Waals surface area contributed by atoms with Crippen LogP contribution in [0.1, 0.15) is 57.7 Å². The van der Waals surface area contributed by atoms with E-state index in [4.69, 9.17) is 0 Å². The van der Waals surface area contributed by atoms with Gasteiger partial charge in [-0.2, -0.15) is 0 Å². The van der Waals surface area contributed by atoms with Crippen LogP contribution in [0.3, 0.4) is 0 Å². The minimum atomic E-state index is -0.00727. The van der Waals surface area contributed by atoms with E-state index < -0.39 is 0 Å². The standard InChI is InChI=1S/C17H29N3O/c1-2-4-16-18-10-12-20(16)11-8-14-5-3-9-17(14,13-21)19-15-6-7-15/h10,12,14-15,19,21H,2-9,11,13H2,1H3. The summed E-state index contributed by atoms with van der Waals surface area (Å²) < 4.78 is 2.31. The van der Waals surface area contributed by atoms with Gasteiger partial charge in [-0.05, 0) is 44.4 Å². The van der Waals surface area contributed by atoms with Gasteiger partial charge in [0.1, 0.15) is 5.82 Å². The number of nitrogens with zero attached hydrogens (tertiary/aromatic N) is 2. The van der Waals surface area contributed by atoms with Gasteiger partial charge in [-0.25, -0.2) is 4.98 Å². The average molecular weight is 291 g/mol. The highest BCUT2D eigenvalue weighted by Crippen LogP contribution is 2.40. The molecule has 0 aliphatic heterocycles. The zero-order chi connectivity index (χ0) is 14.7. The van der Waals surface area contributed by atoms with Crippen molar-refractivity contribution in [3.8, 4) is 0 Å². The highest BCUT2D eigenvalue weighted by atomic mass is 16.3. The summed E-state index contributed by atoms with van der Waals surface area (Å²) in [6.45, 7) is 3.53. The molecule has 0 radical (unpaired) electrons. The summed E-state index contributed by atoms with van der Waals surface area (Å²) >= 11 is 0. The van der Waals surface area contributed by atoms with E-state index in [0.29, 0.717) is 18.6 Å². The normalized spacial score (nSPS) is 29.1. The summed E-state index contributed by atoms with van der Waals surface area (Å²) in [5, 5.41) is 13.7.